The molecule has 2 aromatic rings. The molecule has 0 fully saturated rings. The Morgan fingerprint density at radius 1 is 1.34 bits per heavy atom. The van der Waals surface area contributed by atoms with Gasteiger partial charge in [-0.3, -0.25) is 9.59 Å². The second-order valence-electron chi connectivity index (χ2n) is 7.15. The summed E-state index contributed by atoms with van der Waals surface area (Å²) in [5, 5.41) is 26.7. The van der Waals surface area contributed by atoms with E-state index in [2.05, 4.69) is 10.3 Å². The zero-order valence-corrected chi connectivity index (χ0v) is 17.5. The van der Waals surface area contributed by atoms with Gasteiger partial charge in [-0.1, -0.05) is 17.3 Å². The average molecular weight is 465 g/mol. The van der Waals surface area contributed by atoms with Crippen LogP contribution >= 0.6 is 0 Å². The zero-order valence-electron chi connectivity index (χ0n) is 16.7. The maximum atomic E-state index is 12.4. The van der Waals surface area contributed by atoms with Gasteiger partial charge in [0.2, 0.25) is 10.0 Å². The number of carboxylic acid groups (broad SMARTS) is 1. The first-order valence-electron chi connectivity index (χ1n) is 9.46. The molecule has 0 spiro atoms. The van der Waals surface area contributed by atoms with Crippen LogP contribution in [0.5, 0.6) is 5.75 Å². The first kappa shape index (κ1) is 23.4. The number of hydrogen-bond acceptors (Lipinski definition) is 10. The number of carboxylic acids is 1. The van der Waals surface area contributed by atoms with Crippen molar-refractivity contribution < 1.29 is 37.6 Å². The van der Waals surface area contributed by atoms with E-state index in [0.29, 0.717) is 5.56 Å². The molecule has 1 aromatic heterocycles. The maximum absolute atomic E-state index is 12.4. The summed E-state index contributed by atoms with van der Waals surface area (Å²) in [4.78, 5) is 35.7. The van der Waals surface area contributed by atoms with Crippen molar-refractivity contribution in [3.63, 3.8) is 0 Å². The van der Waals surface area contributed by atoms with Crippen molar-refractivity contribution >= 4 is 34.8 Å². The molecule has 0 aliphatic carbocycles. The molecule has 13 nitrogen and oxygen atoms in total. The number of sulfonamides is 1. The number of para-hydroxylation sites is 1. The lowest BCUT2D eigenvalue weighted by molar-refractivity contribution is -0.120. The van der Waals surface area contributed by atoms with Gasteiger partial charge >= 0.3 is 13.1 Å². The van der Waals surface area contributed by atoms with E-state index >= 15 is 0 Å². The average Bonchev–Trinajstić information content (AvgIpc) is 3.16. The number of carbonyl (C=O) groups is 3. The smallest absolute Gasteiger partial charge is 0.526 e. The Balaban J connectivity index is 1.61. The van der Waals surface area contributed by atoms with Gasteiger partial charge in [-0.15, -0.1) is 5.10 Å². The van der Waals surface area contributed by atoms with Crippen LogP contribution in [0, 0.1) is 0 Å². The fourth-order valence-electron chi connectivity index (χ4n) is 3.24. The lowest BCUT2D eigenvalue weighted by atomic mass is 9.64. The van der Waals surface area contributed by atoms with Gasteiger partial charge in [0.15, 0.2) is 11.5 Å². The minimum absolute atomic E-state index is 0.0757. The van der Waals surface area contributed by atoms with Gasteiger partial charge in [0, 0.05) is 18.8 Å². The van der Waals surface area contributed by atoms with Crippen molar-refractivity contribution in [2.45, 2.75) is 25.2 Å². The number of hydrogen-bond donors (Lipinski definition) is 4. The highest BCUT2D eigenvalue weighted by atomic mass is 32.2. The quantitative estimate of drug-likeness (QED) is 0.312. The van der Waals surface area contributed by atoms with E-state index in [4.69, 9.17) is 10.4 Å². The Kier molecular flexibility index (Phi) is 6.91. The first-order valence-corrected chi connectivity index (χ1v) is 11.1. The number of benzene rings is 1. The number of aromatic nitrogens is 3. The first-order chi connectivity index (χ1) is 15.1. The number of ketones is 1. The van der Waals surface area contributed by atoms with E-state index in [9.17, 15) is 32.9 Å². The lowest BCUT2D eigenvalue weighted by Gasteiger charge is -2.27. The van der Waals surface area contributed by atoms with Gasteiger partial charge in [0.05, 0.1) is 17.5 Å². The van der Waals surface area contributed by atoms with Crippen LogP contribution < -0.4 is 15.1 Å². The van der Waals surface area contributed by atoms with Crippen LogP contribution in [-0.4, -0.2) is 70.6 Å². The van der Waals surface area contributed by atoms with Crippen LogP contribution in [0.2, 0.25) is 5.82 Å². The van der Waals surface area contributed by atoms with E-state index < -0.39 is 40.6 Å². The number of nitrogens with one attached hydrogen (secondary N) is 1. The van der Waals surface area contributed by atoms with Gasteiger partial charge in [0.25, 0.3) is 5.91 Å². The molecule has 3 rings (SSSR count). The summed E-state index contributed by atoms with van der Waals surface area (Å²) >= 11 is 0. The second kappa shape index (κ2) is 9.46. The molecule has 1 aromatic carbocycles. The summed E-state index contributed by atoms with van der Waals surface area (Å²) in [6, 6.07) is 4.57. The van der Waals surface area contributed by atoms with Crippen LogP contribution in [-0.2, 0) is 27.8 Å². The fourth-order valence-corrected chi connectivity index (χ4v) is 4.04. The van der Waals surface area contributed by atoms with Gasteiger partial charge in [0.1, 0.15) is 12.3 Å². The highest BCUT2D eigenvalue weighted by Crippen LogP contribution is 2.36. The van der Waals surface area contributed by atoms with Crippen LogP contribution in [0.25, 0.3) is 0 Å². The van der Waals surface area contributed by atoms with Gasteiger partial charge in [-0.25, -0.2) is 22.6 Å². The van der Waals surface area contributed by atoms with Crippen molar-refractivity contribution in [2.75, 3.05) is 12.3 Å². The predicted molar refractivity (Wildman–Crippen MR) is 109 cm³/mol. The van der Waals surface area contributed by atoms with Crippen molar-refractivity contribution in [1.82, 2.24) is 19.7 Å². The topological polar surface area (TPSA) is 204 Å². The van der Waals surface area contributed by atoms with Crippen LogP contribution in [0.3, 0.4) is 0 Å². The molecule has 0 unspecified atom stereocenters. The molecule has 1 amide bonds. The summed E-state index contributed by atoms with van der Waals surface area (Å²) in [7, 11) is -5.28. The number of rotatable bonds is 9. The summed E-state index contributed by atoms with van der Waals surface area (Å²) in [6.07, 6.45) is 1.24. The highest BCUT2D eigenvalue weighted by molar-refractivity contribution is 7.90. The maximum Gasteiger partial charge on any atom is 0.526 e. The number of carbonyl (C=O) groups excluding carboxylic acids is 2. The molecule has 5 N–H and O–H groups in total. The number of fused-ring (bicyclic) bond motifs is 1. The molecule has 0 saturated carbocycles. The van der Waals surface area contributed by atoms with Gasteiger partial charge in [-0.05, 0) is 18.1 Å². The SMILES string of the molecule is NCCS(=O)(=O)NC(=O)c1cn(CC(=O)C[C@H]2Cc3cccc(C(=O)O)c3OB2O)nn1. The Morgan fingerprint density at radius 2 is 2.09 bits per heavy atom. The van der Waals surface area contributed by atoms with Crippen LogP contribution in [0.15, 0.2) is 24.4 Å². The normalized spacial score (nSPS) is 15.6. The van der Waals surface area contributed by atoms with Gasteiger partial charge in [-0.2, -0.15) is 0 Å². The van der Waals surface area contributed by atoms with E-state index in [1.807, 2.05) is 0 Å². The molecule has 2 heterocycles. The molecule has 0 bridgehead atoms. The van der Waals surface area contributed by atoms with Gasteiger partial charge < -0.3 is 20.5 Å². The second-order valence-corrected chi connectivity index (χ2v) is 9.00. The van der Waals surface area contributed by atoms with E-state index in [-0.39, 0.29) is 48.7 Å². The molecule has 1 atom stereocenters. The Morgan fingerprint density at radius 3 is 2.78 bits per heavy atom. The summed E-state index contributed by atoms with van der Waals surface area (Å²) in [5.74, 6) is -3.53. The molecule has 170 valence electrons. The van der Waals surface area contributed by atoms with Crippen molar-refractivity contribution in [3.8, 4) is 5.75 Å². The number of Topliss-reactive ketones (excluding diaryl/α,β-unsaturated/α-hetero) is 1. The molecular weight excluding hydrogens is 445 g/mol. The Hall–Kier alpha value is -3.30. The number of amides is 1. The van der Waals surface area contributed by atoms with Crippen molar-refractivity contribution in [2.24, 2.45) is 5.73 Å². The molecule has 15 heteroatoms. The highest BCUT2D eigenvalue weighted by Gasteiger charge is 2.37. The molecule has 0 saturated heterocycles. The number of nitrogens with two attached hydrogens (primary N) is 1. The molecule has 32 heavy (non-hydrogen) atoms. The summed E-state index contributed by atoms with van der Waals surface area (Å²) < 4.78 is 31.4. The third-order valence-corrected chi connectivity index (χ3v) is 5.95. The third kappa shape index (κ3) is 5.49. The Labute approximate surface area is 182 Å². The largest absolute Gasteiger partial charge is 0.535 e. The minimum Gasteiger partial charge on any atom is -0.535 e. The zero-order chi connectivity index (χ0) is 23.5. The fraction of sp³-hybridized carbons (Fsp3) is 0.353. The number of nitrogens with zero attached hydrogens (tertiary/aromatic N) is 3. The standard InChI is InChI=1S/C17H20BN5O8S/c19-4-5-32(29,30)21-16(25)14-9-23(22-20-14)8-12(24)7-11-6-10-2-1-3-13(17(26)27)15(10)31-18(11)28/h1-3,9,11,28H,4-8,19H2,(H,21,25)(H,26,27)/t11-/m1/s1. The minimum atomic E-state index is -3.90. The predicted octanol–water partition coefficient (Wildman–Crippen LogP) is -1.56. The Bertz CT molecular complexity index is 1150. The molecular formula is C17H20BN5O8S. The number of aromatic carboxylic acids is 1. The monoisotopic (exact) mass is 465 g/mol. The van der Waals surface area contributed by atoms with E-state index in [1.54, 1.807) is 16.9 Å². The third-order valence-electron chi connectivity index (χ3n) is 4.69. The van der Waals surface area contributed by atoms with E-state index in [1.165, 1.54) is 6.07 Å². The van der Waals surface area contributed by atoms with Crippen molar-refractivity contribution in [1.29, 1.82) is 0 Å². The lowest BCUT2D eigenvalue weighted by Crippen LogP contribution is -2.36. The summed E-state index contributed by atoms with van der Waals surface area (Å²) in [6.45, 7) is -0.441. The molecule has 1 aliphatic heterocycles. The molecule has 1 aliphatic rings. The van der Waals surface area contributed by atoms with Crippen LogP contribution in [0.1, 0.15) is 32.8 Å². The van der Waals surface area contributed by atoms with Crippen molar-refractivity contribution in [3.05, 3.63) is 41.2 Å². The van der Waals surface area contributed by atoms with E-state index in [0.717, 1.165) is 10.9 Å². The summed E-state index contributed by atoms with van der Waals surface area (Å²) in [5.41, 5.74) is 5.36. The van der Waals surface area contributed by atoms with Crippen LogP contribution in [0.4, 0.5) is 0 Å². The molecule has 0 radical (unpaired) electrons.